The first-order valence-electron chi connectivity index (χ1n) is 10.6. The Hall–Kier alpha value is -3.15. The van der Waals surface area contributed by atoms with Gasteiger partial charge in [-0.05, 0) is 60.1 Å². The number of benzene rings is 1. The predicted molar refractivity (Wildman–Crippen MR) is 115 cm³/mol. The second kappa shape index (κ2) is 9.11. The number of nitrogens with zero attached hydrogens (tertiary/aromatic N) is 2. The highest BCUT2D eigenvalue weighted by atomic mass is 16.4. The van der Waals surface area contributed by atoms with Crippen LogP contribution in [-0.4, -0.2) is 33.1 Å². The highest BCUT2D eigenvalue weighted by Crippen LogP contribution is 2.32. The molecule has 0 bridgehead atoms. The number of aromatic nitrogens is 2. The second-order valence-corrected chi connectivity index (χ2v) is 8.13. The van der Waals surface area contributed by atoms with Crippen molar-refractivity contribution >= 4 is 22.8 Å². The molecule has 1 fully saturated rings. The molecule has 0 atom stereocenters. The molecule has 2 aromatic heterocycles. The van der Waals surface area contributed by atoms with Crippen molar-refractivity contribution in [3.63, 3.8) is 0 Å². The summed E-state index contributed by atoms with van der Waals surface area (Å²) >= 11 is 0. The number of carbonyl (C=O) groups excluding carboxylic acids is 1. The second-order valence-electron chi connectivity index (χ2n) is 8.13. The molecule has 156 valence electrons. The monoisotopic (exact) mass is 405 g/mol. The molecule has 0 unspecified atom stereocenters. The average molecular weight is 405 g/mol. The largest absolute Gasteiger partial charge is 0.481 e. The summed E-state index contributed by atoms with van der Waals surface area (Å²) in [5, 5.41) is 13.2. The molecule has 0 spiro atoms. The fourth-order valence-corrected chi connectivity index (χ4v) is 3.84. The molecule has 2 heterocycles. The summed E-state index contributed by atoms with van der Waals surface area (Å²) in [6.07, 6.45) is 10.3. The molecule has 0 saturated heterocycles. The minimum absolute atomic E-state index is 0.0882. The van der Waals surface area contributed by atoms with Gasteiger partial charge in [0.25, 0.3) is 0 Å². The van der Waals surface area contributed by atoms with Gasteiger partial charge in [-0.2, -0.15) is 0 Å². The van der Waals surface area contributed by atoms with Crippen LogP contribution in [0.15, 0.2) is 48.9 Å². The maximum atomic E-state index is 11.9. The molecule has 3 aromatic rings. The van der Waals surface area contributed by atoms with Crippen LogP contribution in [0.25, 0.3) is 10.9 Å². The third kappa shape index (κ3) is 5.26. The van der Waals surface area contributed by atoms with Crippen LogP contribution in [0.5, 0.6) is 0 Å². The Labute approximate surface area is 175 Å². The van der Waals surface area contributed by atoms with E-state index in [0.717, 1.165) is 40.4 Å². The number of pyridine rings is 1. The van der Waals surface area contributed by atoms with Crippen LogP contribution in [0.1, 0.15) is 42.4 Å². The summed E-state index contributed by atoms with van der Waals surface area (Å²) in [7, 11) is 0. The van der Waals surface area contributed by atoms with Gasteiger partial charge >= 0.3 is 5.97 Å². The third-order valence-electron chi connectivity index (χ3n) is 5.62. The topological polar surface area (TPSA) is 84.2 Å². The SMILES string of the molecule is O=C(O)CCn1cc(Cc2cccnc2)c2cc(CCNC(=O)CC3CC3)ccc21. The van der Waals surface area contributed by atoms with Gasteiger partial charge in [0.2, 0.25) is 5.91 Å². The Morgan fingerprint density at radius 1 is 1.20 bits per heavy atom. The van der Waals surface area contributed by atoms with Gasteiger partial charge in [0.05, 0.1) is 6.42 Å². The normalized spacial score (nSPS) is 13.5. The molecule has 0 aliphatic heterocycles. The smallest absolute Gasteiger partial charge is 0.305 e. The zero-order chi connectivity index (χ0) is 20.9. The van der Waals surface area contributed by atoms with Gasteiger partial charge in [-0.1, -0.05) is 12.1 Å². The van der Waals surface area contributed by atoms with Gasteiger partial charge < -0.3 is 15.0 Å². The molecule has 1 aliphatic carbocycles. The van der Waals surface area contributed by atoms with Crippen molar-refractivity contribution in [2.45, 2.75) is 45.1 Å². The number of fused-ring (bicyclic) bond motifs is 1. The number of carboxylic acid groups (broad SMARTS) is 1. The highest BCUT2D eigenvalue weighted by Gasteiger charge is 2.24. The van der Waals surface area contributed by atoms with E-state index in [1.165, 1.54) is 12.8 Å². The first-order valence-corrected chi connectivity index (χ1v) is 10.6. The molecule has 4 rings (SSSR count). The van der Waals surface area contributed by atoms with E-state index in [9.17, 15) is 9.59 Å². The minimum Gasteiger partial charge on any atom is -0.481 e. The molecule has 1 aliphatic rings. The zero-order valence-electron chi connectivity index (χ0n) is 17.0. The van der Waals surface area contributed by atoms with E-state index in [2.05, 4.69) is 34.7 Å². The molecule has 6 heteroatoms. The predicted octanol–water partition coefficient (Wildman–Crippen LogP) is 3.56. The van der Waals surface area contributed by atoms with E-state index in [1.807, 2.05) is 22.9 Å². The summed E-state index contributed by atoms with van der Waals surface area (Å²) in [5.74, 6) is -0.0539. The number of hydrogen-bond donors (Lipinski definition) is 2. The lowest BCUT2D eigenvalue weighted by Gasteiger charge is -2.07. The molecule has 1 amide bonds. The third-order valence-corrected chi connectivity index (χ3v) is 5.62. The highest BCUT2D eigenvalue weighted by molar-refractivity contribution is 5.85. The Balaban J connectivity index is 1.52. The van der Waals surface area contributed by atoms with Crippen molar-refractivity contribution in [1.82, 2.24) is 14.9 Å². The van der Waals surface area contributed by atoms with Gasteiger partial charge in [-0.15, -0.1) is 0 Å². The van der Waals surface area contributed by atoms with Crippen LogP contribution < -0.4 is 5.32 Å². The van der Waals surface area contributed by atoms with Crippen LogP contribution in [0.3, 0.4) is 0 Å². The summed E-state index contributed by atoms with van der Waals surface area (Å²) < 4.78 is 2.02. The fraction of sp³-hybridized carbons (Fsp3) is 0.375. The van der Waals surface area contributed by atoms with E-state index in [1.54, 1.807) is 6.20 Å². The quantitative estimate of drug-likeness (QED) is 0.540. The zero-order valence-corrected chi connectivity index (χ0v) is 17.0. The van der Waals surface area contributed by atoms with E-state index >= 15 is 0 Å². The number of aliphatic carboxylic acids is 1. The minimum atomic E-state index is -0.802. The number of amides is 1. The summed E-state index contributed by atoms with van der Waals surface area (Å²) in [6, 6.07) is 10.3. The van der Waals surface area contributed by atoms with Gasteiger partial charge in [-0.25, -0.2) is 0 Å². The number of carboxylic acids is 1. The van der Waals surface area contributed by atoms with Gasteiger partial charge in [0.1, 0.15) is 0 Å². The molecular weight excluding hydrogens is 378 g/mol. The Morgan fingerprint density at radius 2 is 2.07 bits per heavy atom. The first-order chi connectivity index (χ1) is 14.6. The van der Waals surface area contributed by atoms with Crippen molar-refractivity contribution in [1.29, 1.82) is 0 Å². The lowest BCUT2D eigenvalue weighted by Crippen LogP contribution is -2.25. The van der Waals surface area contributed by atoms with Crippen LogP contribution in [0.4, 0.5) is 0 Å². The molecule has 2 N–H and O–H groups in total. The molecule has 0 radical (unpaired) electrons. The van der Waals surface area contributed by atoms with E-state index in [-0.39, 0.29) is 12.3 Å². The number of aryl methyl sites for hydroxylation is 1. The number of nitrogens with one attached hydrogen (secondary N) is 1. The molecular formula is C24H27N3O3. The summed E-state index contributed by atoms with van der Waals surface area (Å²) in [5.41, 5.74) is 4.48. The Bertz CT molecular complexity index is 1040. The number of carbonyl (C=O) groups is 2. The number of rotatable bonds is 10. The summed E-state index contributed by atoms with van der Waals surface area (Å²) in [6.45, 7) is 1.07. The maximum absolute atomic E-state index is 11.9. The van der Waals surface area contributed by atoms with Crippen LogP contribution in [-0.2, 0) is 29.0 Å². The molecule has 1 aromatic carbocycles. The van der Waals surface area contributed by atoms with Crippen LogP contribution in [0, 0.1) is 5.92 Å². The lowest BCUT2D eigenvalue weighted by molar-refractivity contribution is -0.137. The van der Waals surface area contributed by atoms with Crippen molar-refractivity contribution in [3.8, 4) is 0 Å². The standard InChI is InChI=1S/C24H27N3O3/c28-23(14-17-3-4-17)26-10-7-18-5-6-22-21(13-18)20(12-19-2-1-9-25-15-19)16-27(22)11-8-24(29)30/h1-2,5-6,9,13,15-17H,3-4,7-8,10-12,14H2,(H,26,28)(H,29,30). The Morgan fingerprint density at radius 3 is 2.80 bits per heavy atom. The maximum Gasteiger partial charge on any atom is 0.305 e. The first kappa shape index (κ1) is 20.1. The van der Waals surface area contributed by atoms with E-state index in [4.69, 9.17) is 5.11 Å². The van der Waals surface area contributed by atoms with Crippen molar-refractivity contribution in [2.75, 3.05) is 6.54 Å². The molecule has 6 nitrogen and oxygen atoms in total. The Kier molecular flexibility index (Phi) is 6.12. The van der Waals surface area contributed by atoms with E-state index < -0.39 is 5.97 Å². The van der Waals surface area contributed by atoms with Crippen LogP contribution >= 0.6 is 0 Å². The van der Waals surface area contributed by atoms with Gasteiger partial charge in [0.15, 0.2) is 0 Å². The van der Waals surface area contributed by atoms with Crippen molar-refractivity contribution in [2.24, 2.45) is 5.92 Å². The molecule has 30 heavy (non-hydrogen) atoms. The average Bonchev–Trinajstić information content (AvgIpc) is 3.48. The summed E-state index contributed by atoms with van der Waals surface area (Å²) in [4.78, 5) is 27.2. The van der Waals surface area contributed by atoms with Gasteiger partial charge in [0, 0.05) is 55.4 Å². The van der Waals surface area contributed by atoms with E-state index in [0.29, 0.717) is 25.4 Å². The molecule has 1 saturated carbocycles. The number of hydrogen-bond acceptors (Lipinski definition) is 3. The van der Waals surface area contributed by atoms with Crippen molar-refractivity contribution < 1.29 is 14.7 Å². The fourth-order valence-electron chi connectivity index (χ4n) is 3.84. The lowest BCUT2D eigenvalue weighted by atomic mass is 10.0. The van der Waals surface area contributed by atoms with Crippen molar-refractivity contribution in [3.05, 3.63) is 65.6 Å². The van der Waals surface area contributed by atoms with Crippen LogP contribution in [0.2, 0.25) is 0 Å². The van der Waals surface area contributed by atoms with Gasteiger partial charge in [-0.3, -0.25) is 14.6 Å².